The number of carbonyl (C=O) groups excluding carboxylic acids is 1. The van der Waals surface area contributed by atoms with Crippen molar-refractivity contribution >= 4 is 5.91 Å². The van der Waals surface area contributed by atoms with Gasteiger partial charge >= 0.3 is 0 Å². The molecule has 22 heavy (non-hydrogen) atoms. The van der Waals surface area contributed by atoms with Crippen LogP contribution < -0.4 is 0 Å². The van der Waals surface area contributed by atoms with Crippen molar-refractivity contribution in [3.8, 4) is 0 Å². The Morgan fingerprint density at radius 2 is 2.18 bits per heavy atom. The lowest BCUT2D eigenvalue weighted by molar-refractivity contribution is -0.0778. The second-order valence-corrected chi connectivity index (χ2v) is 6.89. The lowest BCUT2D eigenvalue weighted by Crippen LogP contribution is -2.51. The molecule has 2 aliphatic rings. The maximum atomic E-state index is 12.2. The van der Waals surface area contributed by atoms with Crippen molar-refractivity contribution in [1.82, 2.24) is 25.0 Å². The van der Waals surface area contributed by atoms with Gasteiger partial charge in [-0.15, -0.1) is 0 Å². The van der Waals surface area contributed by atoms with Gasteiger partial charge in [-0.2, -0.15) is 5.10 Å². The summed E-state index contributed by atoms with van der Waals surface area (Å²) in [5, 5.41) is 6.38. The van der Waals surface area contributed by atoms with Crippen molar-refractivity contribution in [2.24, 2.45) is 5.92 Å². The van der Waals surface area contributed by atoms with Gasteiger partial charge in [0.25, 0.3) is 5.91 Å². The Morgan fingerprint density at radius 3 is 2.82 bits per heavy atom. The average molecular weight is 307 g/mol. The number of nitrogens with zero attached hydrogens (tertiary/aromatic N) is 4. The highest BCUT2D eigenvalue weighted by molar-refractivity contribution is 5.90. The average Bonchev–Trinajstić information content (AvgIpc) is 3.00. The molecule has 2 saturated heterocycles. The van der Waals surface area contributed by atoms with Crippen molar-refractivity contribution in [2.45, 2.75) is 32.3 Å². The van der Waals surface area contributed by atoms with Gasteiger partial charge in [0.1, 0.15) is 6.33 Å². The Balaban J connectivity index is 1.47. The first-order valence-electron chi connectivity index (χ1n) is 8.04. The van der Waals surface area contributed by atoms with Gasteiger partial charge in [0.2, 0.25) is 5.82 Å². The highest BCUT2D eigenvalue weighted by atomic mass is 16.5. The van der Waals surface area contributed by atoms with Crippen LogP contribution in [-0.2, 0) is 4.74 Å². The first-order valence-corrected chi connectivity index (χ1v) is 8.04. The van der Waals surface area contributed by atoms with Crippen molar-refractivity contribution in [2.75, 3.05) is 39.3 Å². The molecule has 7 heteroatoms. The first kappa shape index (κ1) is 15.4. The smallest absolute Gasteiger partial charge is 0.291 e. The lowest BCUT2D eigenvalue weighted by Gasteiger charge is -2.40. The number of aromatic amines is 1. The third-order valence-electron chi connectivity index (χ3n) is 4.59. The van der Waals surface area contributed by atoms with E-state index in [9.17, 15) is 4.79 Å². The number of nitrogens with one attached hydrogen (secondary N) is 1. The number of hydrogen-bond donors (Lipinski definition) is 1. The van der Waals surface area contributed by atoms with Gasteiger partial charge in [0, 0.05) is 39.3 Å². The van der Waals surface area contributed by atoms with E-state index in [1.165, 1.54) is 6.33 Å². The number of piperazine rings is 1. The molecule has 1 aromatic heterocycles. The molecule has 122 valence electrons. The van der Waals surface area contributed by atoms with Gasteiger partial charge in [0.05, 0.1) is 5.60 Å². The molecule has 0 unspecified atom stereocenters. The highest BCUT2D eigenvalue weighted by Crippen LogP contribution is 2.29. The number of hydrogen-bond acceptors (Lipinski definition) is 5. The topological polar surface area (TPSA) is 74.4 Å². The minimum Gasteiger partial charge on any atom is -0.376 e. The molecule has 1 amide bonds. The molecule has 0 aromatic carbocycles. The maximum absolute atomic E-state index is 12.2. The molecule has 1 atom stereocenters. The van der Waals surface area contributed by atoms with E-state index in [1.54, 1.807) is 0 Å². The number of aromatic nitrogens is 3. The van der Waals surface area contributed by atoms with E-state index >= 15 is 0 Å². The van der Waals surface area contributed by atoms with E-state index in [4.69, 9.17) is 4.74 Å². The maximum Gasteiger partial charge on any atom is 0.291 e. The van der Waals surface area contributed by atoms with E-state index in [1.807, 2.05) is 4.90 Å². The molecule has 3 heterocycles. The summed E-state index contributed by atoms with van der Waals surface area (Å²) in [6.07, 6.45) is 3.63. The largest absolute Gasteiger partial charge is 0.376 e. The fourth-order valence-corrected chi connectivity index (χ4v) is 3.47. The van der Waals surface area contributed by atoms with Crippen molar-refractivity contribution < 1.29 is 9.53 Å². The van der Waals surface area contributed by atoms with E-state index in [-0.39, 0.29) is 11.5 Å². The van der Waals surface area contributed by atoms with Crippen LogP contribution in [0.2, 0.25) is 0 Å². The molecule has 0 bridgehead atoms. The lowest BCUT2D eigenvalue weighted by atomic mass is 9.88. The molecule has 7 nitrogen and oxygen atoms in total. The molecule has 3 rings (SSSR count). The molecule has 2 aliphatic heterocycles. The van der Waals surface area contributed by atoms with Crippen molar-refractivity contribution in [3.05, 3.63) is 12.2 Å². The van der Waals surface area contributed by atoms with Gasteiger partial charge in [0.15, 0.2) is 0 Å². The predicted molar refractivity (Wildman–Crippen MR) is 81.5 cm³/mol. The van der Waals surface area contributed by atoms with Crippen LogP contribution in [0, 0.1) is 5.92 Å². The van der Waals surface area contributed by atoms with Crippen LogP contribution in [0.25, 0.3) is 0 Å². The molecule has 0 aliphatic carbocycles. The van der Waals surface area contributed by atoms with Crippen LogP contribution in [0.5, 0.6) is 0 Å². The number of amides is 1. The summed E-state index contributed by atoms with van der Waals surface area (Å²) in [6, 6.07) is 0. The zero-order valence-corrected chi connectivity index (χ0v) is 13.4. The molecule has 0 saturated carbocycles. The third-order valence-corrected chi connectivity index (χ3v) is 4.59. The summed E-state index contributed by atoms with van der Waals surface area (Å²) < 4.78 is 5.79. The van der Waals surface area contributed by atoms with E-state index < -0.39 is 0 Å². The van der Waals surface area contributed by atoms with Crippen LogP contribution >= 0.6 is 0 Å². The fraction of sp³-hybridized carbons (Fsp3) is 0.800. The first-order chi connectivity index (χ1) is 10.5. The SMILES string of the molecule is CC1(C)C[C@H](CN2CCN(C(=O)c3ncn[nH]3)CC2)CCO1. The van der Waals surface area contributed by atoms with Crippen LogP contribution in [0.15, 0.2) is 6.33 Å². The van der Waals surface area contributed by atoms with Crippen molar-refractivity contribution in [1.29, 1.82) is 0 Å². The number of rotatable bonds is 3. The molecular formula is C15H25N5O2. The van der Waals surface area contributed by atoms with Gasteiger partial charge in [-0.25, -0.2) is 4.98 Å². The fourth-order valence-electron chi connectivity index (χ4n) is 3.47. The van der Waals surface area contributed by atoms with E-state index in [2.05, 4.69) is 33.9 Å². The van der Waals surface area contributed by atoms with Crippen LogP contribution in [0.3, 0.4) is 0 Å². The van der Waals surface area contributed by atoms with Gasteiger partial charge < -0.3 is 9.64 Å². The van der Waals surface area contributed by atoms with Gasteiger partial charge in [-0.3, -0.25) is 14.8 Å². The molecule has 2 fully saturated rings. The summed E-state index contributed by atoms with van der Waals surface area (Å²) in [5.74, 6) is 0.976. The predicted octanol–water partition coefficient (Wildman–Crippen LogP) is 0.768. The summed E-state index contributed by atoms with van der Waals surface area (Å²) in [4.78, 5) is 20.5. The van der Waals surface area contributed by atoms with Gasteiger partial charge in [-0.05, 0) is 32.6 Å². The number of carbonyl (C=O) groups is 1. The summed E-state index contributed by atoms with van der Waals surface area (Å²) in [7, 11) is 0. The Hall–Kier alpha value is -1.47. The monoisotopic (exact) mass is 307 g/mol. The minimum atomic E-state index is -0.0515. The second-order valence-electron chi connectivity index (χ2n) is 6.89. The van der Waals surface area contributed by atoms with Crippen LogP contribution in [0.4, 0.5) is 0 Å². The Morgan fingerprint density at radius 1 is 1.41 bits per heavy atom. The molecule has 0 radical (unpaired) electrons. The van der Waals surface area contributed by atoms with Crippen LogP contribution in [0.1, 0.15) is 37.3 Å². The minimum absolute atomic E-state index is 0.00694. The van der Waals surface area contributed by atoms with Crippen LogP contribution in [-0.4, -0.2) is 75.8 Å². The summed E-state index contributed by atoms with van der Waals surface area (Å²) in [6.45, 7) is 9.69. The Labute approximate surface area is 131 Å². The Bertz CT molecular complexity index is 494. The van der Waals surface area contributed by atoms with E-state index in [0.29, 0.717) is 11.7 Å². The molecule has 1 N–H and O–H groups in total. The normalized spacial score (nSPS) is 26.1. The third kappa shape index (κ3) is 3.64. The molecule has 0 spiro atoms. The number of ether oxygens (including phenoxy) is 1. The van der Waals surface area contributed by atoms with Crippen molar-refractivity contribution in [3.63, 3.8) is 0 Å². The summed E-state index contributed by atoms with van der Waals surface area (Å²) >= 11 is 0. The zero-order valence-electron chi connectivity index (χ0n) is 13.4. The standard InChI is InChI=1S/C15H25N5O2/c1-15(2)9-12(3-8-22-15)10-19-4-6-20(7-5-19)14(21)13-16-11-17-18-13/h11-12H,3-10H2,1-2H3,(H,16,17,18)/t12-/m1/s1. The molecule has 1 aromatic rings. The summed E-state index contributed by atoms with van der Waals surface area (Å²) in [5.41, 5.74) is 0.00694. The molecular weight excluding hydrogens is 282 g/mol. The highest BCUT2D eigenvalue weighted by Gasteiger charge is 2.31. The Kier molecular flexibility index (Phi) is 4.44. The second kappa shape index (κ2) is 6.34. The van der Waals surface area contributed by atoms with Gasteiger partial charge in [-0.1, -0.05) is 0 Å². The quantitative estimate of drug-likeness (QED) is 0.893. The number of H-pyrrole nitrogens is 1. The zero-order chi connectivity index (χ0) is 15.6. The van der Waals surface area contributed by atoms with E-state index in [0.717, 1.165) is 52.2 Å².